The SMILES string of the molecule is O=C1c2ccccc2C(=Cc2ccccc2)c2ccccc21. The number of hydrogen-bond donors (Lipinski definition) is 0. The Bertz CT molecular complexity index is 837. The minimum absolute atomic E-state index is 0.108. The molecule has 1 heteroatoms. The standard InChI is InChI=1S/C21H14O/c22-21-18-12-6-4-10-16(18)20(14-15-8-2-1-3-9-15)17-11-5-7-13-19(17)21/h1-14H. The number of hydrogen-bond acceptors (Lipinski definition) is 1. The molecule has 0 atom stereocenters. The molecule has 1 aliphatic carbocycles. The summed E-state index contributed by atoms with van der Waals surface area (Å²) >= 11 is 0. The van der Waals surface area contributed by atoms with Crippen LogP contribution in [-0.4, -0.2) is 5.78 Å². The quantitative estimate of drug-likeness (QED) is 0.489. The number of carbonyl (C=O) groups is 1. The van der Waals surface area contributed by atoms with Crippen molar-refractivity contribution in [3.63, 3.8) is 0 Å². The van der Waals surface area contributed by atoms with Crippen molar-refractivity contribution in [1.29, 1.82) is 0 Å². The number of rotatable bonds is 1. The maximum Gasteiger partial charge on any atom is 0.194 e. The number of fused-ring (bicyclic) bond motifs is 2. The van der Waals surface area contributed by atoms with E-state index in [9.17, 15) is 4.79 Å². The lowest BCUT2D eigenvalue weighted by atomic mass is 9.81. The Morgan fingerprint density at radius 3 is 1.55 bits per heavy atom. The van der Waals surface area contributed by atoms with Crippen molar-refractivity contribution >= 4 is 17.4 Å². The van der Waals surface area contributed by atoms with Crippen molar-refractivity contribution in [2.75, 3.05) is 0 Å². The van der Waals surface area contributed by atoms with E-state index in [1.807, 2.05) is 66.7 Å². The van der Waals surface area contributed by atoms with Crippen LogP contribution in [0.1, 0.15) is 32.6 Å². The molecule has 3 aromatic rings. The summed E-state index contributed by atoms with van der Waals surface area (Å²) < 4.78 is 0. The smallest absolute Gasteiger partial charge is 0.194 e. The van der Waals surface area contributed by atoms with Crippen LogP contribution in [0, 0.1) is 0 Å². The van der Waals surface area contributed by atoms with Gasteiger partial charge in [-0.2, -0.15) is 0 Å². The Morgan fingerprint density at radius 1 is 0.545 bits per heavy atom. The topological polar surface area (TPSA) is 17.1 Å². The van der Waals surface area contributed by atoms with E-state index in [4.69, 9.17) is 0 Å². The molecule has 0 radical (unpaired) electrons. The molecule has 22 heavy (non-hydrogen) atoms. The third kappa shape index (κ3) is 1.99. The molecule has 0 heterocycles. The van der Waals surface area contributed by atoms with Crippen molar-refractivity contribution in [3.8, 4) is 0 Å². The minimum Gasteiger partial charge on any atom is -0.289 e. The first kappa shape index (κ1) is 12.8. The molecule has 3 aromatic carbocycles. The summed E-state index contributed by atoms with van der Waals surface area (Å²) in [6, 6.07) is 25.9. The number of benzene rings is 3. The molecule has 4 rings (SSSR count). The van der Waals surface area contributed by atoms with Crippen LogP contribution in [0.15, 0.2) is 78.9 Å². The van der Waals surface area contributed by atoms with Crippen molar-refractivity contribution < 1.29 is 4.79 Å². The van der Waals surface area contributed by atoms with E-state index in [0.717, 1.165) is 33.4 Å². The average molecular weight is 282 g/mol. The molecule has 0 N–H and O–H groups in total. The second-order valence-electron chi connectivity index (χ2n) is 5.39. The molecule has 0 unspecified atom stereocenters. The van der Waals surface area contributed by atoms with Crippen LogP contribution >= 0.6 is 0 Å². The largest absolute Gasteiger partial charge is 0.289 e. The van der Waals surface area contributed by atoms with Gasteiger partial charge in [0.1, 0.15) is 0 Å². The first-order chi connectivity index (χ1) is 10.8. The van der Waals surface area contributed by atoms with Gasteiger partial charge in [-0.3, -0.25) is 4.79 Å². The van der Waals surface area contributed by atoms with Crippen molar-refractivity contribution in [3.05, 3.63) is 107 Å². The molecule has 0 saturated carbocycles. The fourth-order valence-corrected chi connectivity index (χ4v) is 2.99. The highest BCUT2D eigenvalue weighted by Crippen LogP contribution is 2.36. The molecule has 0 amide bonds. The molecule has 0 aromatic heterocycles. The van der Waals surface area contributed by atoms with E-state index in [-0.39, 0.29) is 5.78 Å². The second kappa shape index (κ2) is 5.12. The van der Waals surface area contributed by atoms with Crippen molar-refractivity contribution in [2.45, 2.75) is 0 Å². The molecule has 0 spiro atoms. The van der Waals surface area contributed by atoms with E-state index in [2.05, 4.69) is 18.2 Å². The van der Waals surface area contributed by atoms with E-state index in [0.29, 0.717) is 0 Å². The third-order valence-electron chi connectivity index (χ3n) is 4.03. The Balaban J connectivity index is 2.01. The van der Waals surface area contributed by atoms with Crippen LogP contribution in [0.2, 0.25) is 0 Å². The zero-order valence-corrected chi connectivity index (χ0v) is 12.0. The first-order valence-corrected chi connectivity index (χ1v) is 7.35. The van der Waals surface area contributed by atoms with Crippen LogP contribution in [0.25, 0.3) is 11.6 Å². The maximum absolute atomic E-state index is 12.7. The lowest BCUT2D eigenvalue weighted by molar-refractivity contribution is 0.103. The predicted molar refractivity (Wildman–Crippen MR) is 89.7 cm³/mol. The van der Waals surface area contributed by atoms with Crippen LogP contribution in [0.5, 0.6) is 0 Å². The van der Waals surface area contributed by atoms with Gasteiger partial charge in [0.25, 0.3) is 0 Å². The van der Waals surface area contributed by atoms with Gasteiger partial charge >= 0.3 is 0 Å². The minimum atomic E-state index is 0.108. The van der Waals surface area contributed by atoms with Crippen LogP contribution < -0.4 is 0 Å². The Morgan fingerprint density at radius 2 is 1.00 bits per heavy atom. The highest BCUT2D eigenvalue weighted by molar-refractivity contribution is 6.20. The zero-order chi connectivity index (χ0) is 14.9. The number of carbonyl (C=O) groups excluding carboxylic acids is 1. The van der Waals surface area contributed by atoms with Gasteiger partial charge in [0.05, 0.1) is 0 Å². The Hall–Kier alpha value is -2.93. The Labute approximate surface area is 129 Å². The summed E-state index contributed by atoms with van der Waals surface area (Å²) in [4.78, 5) is 12.7. The zero-order valence-electron chi connectivity index (χ0n) is 12.0. The summed E-state index contributed by atoms with van der Waals surface area (Å²) in [6.45, 7) is 0. The van der Waals surface area contributed by atoms with Crippen LogP contribution in [0.3, 0.4) is 0 Å². The van der Waals surface area contributed by atoms with Gasteiger partial charge in [-0.15, -0.1) is 0 Å². The highest BCUT2D eigenvalue weighted by atomic mass is 16.1. The second-order valence-corrected chi connectivity index (χ2v) is 5.39. The van der Waals surface area contributed by atoms with Crippen molar-refractivity contribution in [2.24, 2.45) is 0 Å². The van der Waals surface area contributed by atoms with E-state index in [1.165, 1.54) is 0 Å². The van der Waals surface area contributed by atoms with Gasteiger partial charge in [-0.1, -0.05) is 78.9 Å². The molecular weight excluding hydrogens is 268 g/mol. The molecule has 104 valence electrons. The Kier molecular flexibility index (Phi) is 2.97. The molecule has 0 aliphatic heterocycles. The normalized spacial score (nSPS) is 12.5. The molecule has 1 aliphatic rings. The first-order valence-electron chi connectivity index (χ1n) is 7.35. The summed E-state index contributed by atoms with van der Waals surface area (Å²) in [6.07, 6.45) is 2.16. The summed E-state index contributed by atoms with van der Waals surface area (Å²) in [5.41, 5.74) is 5.82. The summed E-state index contributed by atoms with van der Waals surface area (Å²) in [7, 11) is 0. The fourth-order valence-electron chi connectivity index (χ4n) is 2.99. The van der Waals surface area contributed by atoms with E-state index >= 15 is 0 Å². The summed E-state index contributed by atoms with van der Waals surface area (Å²) in [5, 5.41) is 0. The maximum atomic E-state index is 12.7. The van der Waals surface area contributed by atoms with Crippen molar-refractivity contribution in [1.82, 2.24) is 0 Å². The van der Waals surface area contributed by atoms with Gasteiger partial charge in [0, 0.05) is 11.1 Å². The van der Waals surface area contributed by atoms with Gasteiger partial charge in [-0.25, -0.2) is 0 Å². The van der Waals surface area contributed by atoms with Gasteiger partial charge in [0.15, 0.2) is 5.78 Å². The lowest BCUT2D eigenvalue weighted by Crippen LogP contribution is -2.14. The lowest BCUT2D eigenvalue weighted by Gasteiger charge is -2.21. The molecule has 0 saturated heterocycles. The summed E-state index contributed by atoms with van der Waals surface area (Å²) in [5.74, 6) is 0.108. The van der Waals surface area contributed by atoms with E-state index in [1.54, 1.807) is 0 Å². The average Bonchev–Trinajstić information content (AvgIpc) is 2.59. The highest BCUT2D eigenvalue weighted by Gasteiger charge is 2.25. The molecular formula is C21H14O. The van der Waals surface area contributed by atoms with E-state index < -0.39 is 0 Å². The fraction of sp³-hybridized carbons (Fsp3) is 0. The van der Waals surface area contributed by atoms with Gasteiger partial charge in [-0.05, 0) is 28.3 Å². The third-order valence-corrected chi connectivity index (χ3v) is 4.03. The van der Waals surface area contributed by atoms with Gasteiger partial charge < -0.3 is 0 Å². The van der Waals surface area contributed by atoms with Crippen LogP contribution in [-0.2, 0) is 0 Å². The number of ketones is 1. The predicted octanol–water partition coefficient (Wildman–Crippen LogP) is 4.82. The van der Waals surface area contributed by atoms with Gasteiger partial charge in [0.2, 0.25) is 0 Å². The van der Waals surface area contributed by atoms with Crippen LogP contribution in [0.4, 0.5) is 0 Å². The monoisotopic (exact) mass is 282 g/mol. The molecule has 0 bridgehead atoms. The molecule has 0 fully saturated rings. The molecule has 1 nitrogen and oxygen atoms in total.